The Labute approximate surface area is 146 Å². The molecular formula is C19H23F2NO3. The lowest BCUT2D eigenvalue weighted by Gasteiger charge is -2.24. The molecule has 25 heavy (non-hydrogen) atoms. The van der Waals surface area contributed by atoms with E-state index in [-0.39, 0.29) is 18.7 Å². The summed E-state index contributed by atoms with van der Waals surface area (Å²) in [4.78, 5) is 16.3. The standard InChI is InChI=1S/C19H23F2NO3/c1-5-10-14(18(23)25-7-3)17(19(20,21)13-6-2)22-15-11-8-9-12-16(15)24-4/h5-6,8-9,11-12,14H,1-2,7,10,13H2,3-4H3. The van der Waals surface area contributed by atoms with Gasteiger partial charge in [-0.15, -0.1) is 13.2 Å². The molecule has 0 spiro atoms. The molecule has 0 amide bonds. The molecule has 0 aliphatic heterocycles. The second-order valence-electron chi connectivity index (χ2n) is 5.20. The molecule has 1 aromatic rings. The van der Waals surface area contributed by atoms with E-state index in [4.69, 9.17) is 9.47 Å². The number of aliphatic imine (C=N–C) groups is 1. The first kappa shape index (κ1) is 20.5. The number of ether oxygens (including phenoxy) is 2. The van der Waals surface area contributed by atoms with E-state index in [1.807, 2.05) is 0 Å². The number of benzene rings is 1. The molecule has 4 nitrogen and oxygen atoms in total. The third-order valence-corrected chi connectivity index (χ3v) is 3.41. The van der Waals surface area contributed by atoms with Crippen LogP contribution in [-0.2, 0) is 9.53 Å². The molecule has 1 rings (SSSR count). The van der Waals surface area contributed by atoms with Crippen molar-refractivity contribution in [2.75, 3.05) is 13.7 Å². The summed E-state index contributed by atoms with van der Waals surface area (Å²) in [6, 6.07) is 6.50. The van der Waals surface area contributed by atoms with Crippen LogP contribution in [0.3, 0.4) is 0 Å². The van der Waals surface area contributed by atoms with Crippen molar-refractivity contribution in [3.8, 4) is 5.75 Å². The van der Waals surface area contributed by atoms with Crippen molar-refractivity contribution in [3.05, 3.63) is 49.6 Å². The Balaban J connectivity index is 3.50. The fraction of sp³-hybridized carbons (Fsp3) is 0.368. The van der Waals surface area contributed by atoms with Crippen LogP contribution in [-0.4, -0.2) is 31.3 Å². The third kappa shape index (κ3) is 5.52. The van der Waals surface area contributed by atoms with Crippen LogP contribution in [0.2, 0.25) is 0 Å². The van der Waals surface area contributed by atoms with Gasteiger partial charge in [-0.3, -0.25) is 4.79 Å². The van der Waals surface area contributed by atoms with Crippen LogP contribution in [0.1, 0.15) is 19.8 Å². The number of nitrogens with zero attached hydrogens (tertiary/aromatic N) is 1. The summed E-state index contributed by atoms with van der Waals surface area (Å²) in [6.07, 6.45) is 1.82. The minimum absolute atomic E-state index is 0.0143. The monoisotopic (exact) mass is 351 g/mol. The van der Waals surface area contributed by atoms with Gasteiger partial charge in [-0.1, -0.05) is 24.3 Å². The van der Waals surface area contributed by atoms with Crippen LogP contribution in [0.4, 0.5) is 14.5 Å². The average molecular weight is 351 g/mol. The lowest BCUT2D eigenvalue weighted by molar-refractivity contribution is -0.146. The first-order chi connectivity index (χ1) is 11.9. The van der Waals surface area contributed by atoms with Crippen molar-refractivity contribution < 1.29 is 23.0 Å². The summed E-state index contributed by atoms with van der Waals surface area (Å²) in [5.41, 5.74) is -0.377. The number of hydrogen-bond acceptors (Lipinski definition) is 4. The highest BCUT2D eigenvalue weighted by Crippen LogP contribution is 2.34. The van der Waals surface area contributed by atoms with Crippen LogP contribution >= 0.6 is 0 Å². The smallest absolute Gasteiger partial charge is 0.315 e. The Morgan fingerprint density at radius 1 is 1.32 bits per heavy atom. The molecule has 1 atom stereocenters. The normalized spacial score (nSPS) is 13.0. The van der Waals surface area contributed by atoms with Gasteiger partial charge in [0.1, 0.15) is 23.1 Å². The van der Waals surface area contributed by atoms with Crippen molar-refractivity contribution in [1.29, 1.82) is 0 Å². The van der Waals surface area contributed by atoms with Crippen LogP contribution in [0.25, 0.3) is 0 Å². The maximum Gasteiger partial charge on any atom is 0.315 e. The van der Waals surface area contributed by atoms with Gasteiger partial charge in [0.15, 0.2) is 0 Å². The van der Waals surface area contributed by atoms with Crippen LogP contribution in [0.15, 0.2) is 54.6 Å². The van der Waals surface area contributed by atoms with Gasteiger partial charge in [0.2, 0.25) is 0 Å². The number of carbonyl (C=O) groups is 1. The Morgan fingerprint density at radius 2 is 2.00 bits per heavy atom. The fourth-order valence-corrected chi connectivity index (χ4v) is 2.28. The number of carbonyl (C=O) groups excluding carboxylic acids is 1. The molecule has 0 saturated heterocycles. The second-order valence-corrected chi connectivity index (χ2v) is 5.20. The van der Waals surface area contributed by atoms with Gasteiger partial charge in [0.25, 0.3) is 5.92 Å². The van der Waals surface area contributed by atoms with Crippen LogP contribution < -0.4 is 4.74 Å². The maximum atomic E-state index is 14.7. The molecule has 0 bridgehead atoms. The summed E-state index contributed by atoms with van der Waals surface area (Å²) >= 11 is 0. The van der Waals surface area contributed by atoms with Gasteiger partial charge in [-0.2, -0.15) is 8.78 Å². The number of halogens is 2. The Bertz CT molecular complexity index is 641. The van der Waals surface area contributed by atoms with Crippen LogP contribution in [0.5, 0.6) is 5.75 Å². The predicted octanol–water partition coefficient (Wildman–Crippen LogP) is 4.73. The average Bonchev–Trinajstić information content (AvgIpc) is 2.58. The predicted molar refractivity (Wildman–Crippen MR) is 94.8 cm³/mol. The van der Waals surface area contributed by atoms with Crippen molar-refractivity contribution >= 4 is 17.4 Å². The van der Waals surface area contributed by atoms with E-state index in [0.29, 0.717) is 5.75 Å². The van der Waals surface area contributed by atoms with E-state index in [1.165, 1.54) is 13.2 Å². The molecule has 0 N–H and O–H groups in total. The minimum Gasteiger partial charge on any atom is -0.494 e. The third-order valence-electron chi connectivity index (χ3n) is 3.41. The molecule has 0 saturated carbocycles. The molecule has 6 heteroatoms. The van der Waals surface area contributed by atoms with E-state index in [1.54, 1.807) is 31.2 Å². The zero-order valence-corrected chi connectivity index (χ0v) is 14.5. The summed E-state index contributed by atoms with van der Waals surface area (Å²) in [6.45, 7) is 8.60. The van der Waals surface area contributed by atoms with Gasteiger partial charge in [-0.25, -0.2) is 4.99 Å². The van der Waals surface area contributed by atoms with E-state index in [9.17, 15) is 13.6 Å². The molecule has 0 aromatic heterocycles. The molecule has 1 unspecified atom stereocenters. The lowest BCUT2D eigenvalue weighted by Crippen LogP contribution is -2.39. The van der Waals surface area contributed by atoms with Crippen LogP contribution in [0, 0.1) is 5.92 Å². The van der Waals surface area contributed by atoms with Crippen molar-refractivity contribution in [1.82, 2.24) is 0 Å². The summed E-state index contributed by atoms with van der Waals surface area (Å²) < 4.78 is 39.5. The molecular weight excluding hydrogens is 328 g/mol. The number of rotatable bonds is 10. The maximum absolute atomic E-state index is 14.7. The van der Waals surface area contributed by atoms with Gasteiger partial charge >= 0.3 is 5.97 Å². The number of allylic oxidation sites excluding steroid dienone is 2. The Hall–Kier alpha value is -2.50. The van der Waals surface area contributed by atoms with Gasteiger partial charge in [0.05, 0.1) is 13.7 Å². The fourth-order valence-electron chi connectivity index (χ4n) is 2.28. The largest absolute Gasteiger partial charge is 0.494 e. The topological polar surface area (TPSA) is 47.9 Å². The van der Waals surface area contributed by atoms with E-state index in [2.05, 4.69) is 18.2 Å². The van der Waals surface area contributed by atoms with E-state index >= 15 is 0 Å². The minimum atomic E-state index is -3.36. The van der Waals surface area contributed by atoms with E-state index in [0.717, 1.165) is 6.08 Å². The molecule has 0 aliphatic rings. The molecule has 0 radical (unpaired) electrons. The van der Waals surface area contributed by atoms with E-state index < -0.39 is 29.9 Å². The second kappa shape index (κ2) is 9.71. The van der Waals surface area contributed by atoms with Crippen molar-refractivity contribution in [3.63, 3.8) is 0 Å². The molecule has 1 aromatic carbocycles. The molecule has 0 heterocycles. The van der Waals surface area contributed by atoms with Gasteiger partial charge in [0, 0.05) is 6.42 Å². The lowest BCUT2D eigenvalue weighted by atomic mass is 9.92. The SMILES string of the molecule is C=CCC(C(=O)OCC)C(=Nc1ccccc1OC)C(F)(F)CC=C. The first-order valence-corrected chi connectivity index (χ1v) is 7.89. The quantitative estimate of drug-likeness (QED) is 0.348. The zero-order valence-electron chi connectivity index (χ0n) is 14.5. The summed E-state index contributed by atoms with van der Waals surface area (Å²) in [5, 5.41) is 0. The van der Waals surface area contributed by atoms with Crippen molar-refractivity contribution in [2.45, 2.75) is 25.7 Å². The number of esters is 1. The first-order valence-electron chi connectivity index (χ1n) is 7.89. The molecule has 136 valence electrons. The highest BCUT2D eigenvalue weighted by atomic mass is 19.3. The summed E-state index contributed by atoms with van der Waals surface area (Å²) in [5.74, 6) is -5.03. The highest BCUT2D eigenvalue weighted by molar-refractivity contribution is 6.07. The molecule has 0 aliphatic carbocycles. The Morgan fingerprint density at radius 3 is 2.56 bits per heavy atom. The summed E-state index contributed by atoms with van der Waals surface area (Å²) in [7, 11) is 1.42. The number of methoxy groups -OCH3 is 1. The van der Waals surface area contributed by atoms with Crippen molar-refractivity contribution in [2.24, 2.45) is 10.9 Å². The zero-order chi connectivity index (χ0) is 18.9. The van der Waals surface area contributed by atoms with Gasteiger partial charge in [-0.05, 0) is 25.5 Å². The van der Waals surface area contributed by atoms with Gasteiger partial charge < -0.3 is 9.47 Å². The Kier molecular flexibility index (Phi) is 7.98. The number of para-hydroxylation sites is 2. The molecule has 0 fully saturated rings. The highest BCUT2D eigenvalue weighted by Gasteiger charge is 2.42. The number of hydrogen-bond donors (Lipinski definition) is 0. The number of alkyl halides is 2.